The number of anilines is 3. The molecule has 0 radical (unpaired) electrons. The van der Waals surface area contributed by atoms with Gasteiger partial charge in [-0.2, -0.15) is 10.2 Å². The number of nitrogens with one attached hydrogen (secondary N) is 2. The lowest BCUT2D eigenvalue weighted by molar-refractivity contribution is -0.145. The summed E-state index contributed by atoms with van der Waals surface area (Å²) in [5.74, 6) is -1.71. The maximum Gasteiger partial charge on any atom is 0.303 e. The van der Waals surface area contributed by atoms with Crippen molar-refractivity contribution in [3.63, 3.8) is 0 Å². The normalized spacial score (nSPS) is 14.3. The summed E-state index contributed by atoms with van der Waals surface area (Å²) in [6, 6.07) is 12.2. The molecule has 18 nitrogen and oxygen atoms in total. The van der Waals surface area contributed by atoms with Gasteiger partial charge in [0.25, 0.3) is 17.7 Å². The van der Waals surface area contributed by atoms with Gasteiger partial charge in [0.15, 0.2) is 6.61 Å². The predicted molar refractivity (Wildman–Crippen MR) is 220 cm³/mol. The van der Waals surface area contributed by atoms with Crippen LogP contribution in [-0.4, -0.2) is 81.9 Å². The second-order valence-corrected chi connectivity index (χ2v) is 14.7. The van der Waals surface area contributed by atoms with Crippen LogP contribution in [0.2, 0.25) is 0 Å². The average Bonchev–Trinajstić information content (AvgIpc) is 3.95. The second-order valence-electron chi connectivity index (χ2n) is 14.7. The van der Waals surface area contributed by atoms with Gasteiger partial charge >= 0.3 is 5.97 Å². The van der Waals surface area contributed by atoms with Gasteiger partial charge < -0.3 is 24.5 Å². The van der Waals surface area contributed by atoms with E-state index in [0.717, 1.165) is 30.5 Å². The molecular weight excluding hydrogens is 757 g/mol. The number of carbonyl (C=O) groups excluding carboxylic acids is 5. The fraction of sp³-hybridized carbons (Fsp3) is 0.390. The number of imidazole rings is 2. The van der Waals surface area contributed by atoms with E-state index in [1.54, 1.807) is 52.8 Å². The van der Waals surface area contributed by atoms with Crippen molar-refractivity contribution in [3.05, 3.63) is 76.4 Å². The number of ether oxygens (including phenoxy) is 1. The van der Waals surface area contributed by atoms with Crippen LogP contribution in [-0.2, 0) is 46.9 Å². The lowest BCUT2D eigenvalue weighted by atomic mass is 10.0. The van der Waals surface area contributed by atoms with E-state index in [2.05, 4.69) is 15.7 Å². The number of fused-ring (bicyclic) bond motifs is 8. The van der Waals surface area contributed by atoms with Crippen molar-refractivity contribution >= 4 is 69.2 Å². The summed E-state index contributed by atoms with van der Waals surface area (Å²) in [5, 5.41) is 15.4. The Labute approximate surface area is 339 Å². The molecule has 4 amide bonds. The number of hydrogen-bond acceptors (Lipinski definition) is 10. The molecule has 0 saturated heterocycles. The molecular formula is C41H48N12O6. The zero-order valence-corrected chi connectivity index (χ0v) is 33.9. The quantitative estimate of drug-likeness (QED) is 0.203. The Morgan fingerprint density at radius 2 is 1.58 bits per heavy atom. The van der Waals surface area contributed by atoms with Gasteiger partial charge in [0.05, 0.1) is 33.6 Å². The molecule has 0 atom stereocenters. The molecule has 0 saturated carbocycles. The average molecular weight is 805 g/mol. The van der Waals surface area contributed by atoms with Crippen LogP contribution in [0.15, 0.2) is 42.5 Å². The van der Waals surface area contributed by atoms with Crippen molar-refractivity contribution in [3.8, 4) is 0 Å². The molecule has 308 valence electrons. The Balaban J connectivity index is 1.28. The number of rotatable bonds is 5. The van der Waals surface area contributed by atoms with E-state index in [1.807, 2.05) is 36.0 Å². The van der Waals surface area contributed by atoms with Crippen molar-refractivity contribution < 1.29 is 28.7 Å². The summed E-state index contributed by atoms with van der Waals surface area (Å²) in [6.45, 7) is 8.35. The SMILES string of the molecule is CCn1nc(C)c2c1C(=O)Nc1nc3cc(C(N)=O)ccc3n1CCCCn1c(nc3c(N(C)C(=O)COC(C)=O)cccc31)NC(=O)c1cc(C)nn1CCCCC2. The second kappa shape index (κ2) is 16.9. The molecule has 6 aromatic rings. The minimum atomic E-state index is -0.586. The summed E-state index contributed by atoms with van der Waals surface area (Å²) < 4.78 is 12.2. The Morgan fingerprint density at radius 1 is 0.864 bits per heavy atom. The van der Waals surface area contributed by atoms with Gasteiger partial charge in [-0.3, -0.25) is 44.0 Å². The maximum atomic E-state index is 14.2. The molecule has 0 spiro atoms. The number of nitrogens with zero attached hydrogens (tertiary/aromatic N) is 9. The molecule has 0 aliphatic carbocycles. The number of esters is 1. The zero-order chi connectivity index (χ0) is 42.0. The Morgan fingerprint density at radius 3 is 2.31 bits per heavy atom. The molecule has 2 aromatic carbocycles. The van der Waals surface area contributed by atoms with Gasteiger partial charge in [-0.1, -0.05) is 12.5 Å². The Kier molecular flexibility index (Phi) is 11.6. The van der Waals surface area contributed by atoms with Crippen molar-refractivity contribution in [2.75, 3.05) is 29.2 Å². The molecule has 4 N–H and O–H groups in total. The van der Waals surface area contributed by atoms with Gasteiger partial charge in [0, 0.05) is 51.3 Å². The van der Waals surface area contributed by atoms with Crippen molar-refractivity contribution in [2.24, 2.45) is 5.73 Å². The number of nitrogens with two attached hydrogens (primary N) is 1. The van der Waals surface area contributed by atoms with Crippen molar-refractivity contribution in [1.82, 2.24) is 38.7 Å². The van der Waals surface area contributed by atoms with E-state index in [9.17, 15) is 24.0 Å². The zero-order valence-electron chi connectivity index (χ0n) is 33.9. The lowest BCUT2D eigenvalue weighted by Gasteiger charge is -2.17. The van der Waals surface area contributed by atoms with Gasteiger partial charge in [-0.25, -0.2) is 9.97 Å². The standard InChI is InChI=1S/C41H48N12O6/c1-6-52-36-28(25(3)48-52)13-8-7-9-20-53-33(21-24(2)47-53)38(57)45-41-44-35-31(49(5)34(55)23-59-26(4)54)14-12-15-32(35)51(41)19-11-10-18-50-30-17-16-27(37(42)56)22-29(30)43-40(50)46-39(36)58/h12,14-17,21-22H,6-11,13,18-20,23H2,1-5H3,(H2,42,56)(H,43,46,58)(H,44,45,57). The molecule has 0 bridgehead atoms. The number of benzene rings is 2. The minimum Gasteiger partial charge on any atom is -0.456 e. The first-order valence-corrected chi connectivity index (χ1v) is 19.8. The molecule has 7 rings (SSSR count). The monoisotopic (exact) mass is 804 g/mol. The Hall–Kier alpha value is -6.85. The highest BCUT2D eigenvalue weighted by Gasteiger charge is 2.25. The summed E-state index contributed by atoms with van der Waals surface area (Å²) >= 11 is 0. The highest BCUT2D eigenvalue weighted by molar-refractivity contribution is 6.06. The van der Waals surface area contributed by atoms with Crippen LogP contribution in [0, 0.1) is 13.8 Å². The molecule has 1 aliphatic rings. The number of aromatic nitrogens is 8. The lowest BCUT2D eigenvalue weighted by Crippen LogP contribution is -2.31. The van der Waals surface area contributed by atoms with E-state index >= 15 is 0 Å². The van der Waals surface area contributed by atoms with Gasteiger partial charge in [-0.05, 0) is 89.3 Å². The third-order valence-electron chi connectivity index (χ3n) is 10.6. The van der Waals surface area contributed by atoms with Crippen LogP contribution < -0.4 is 21.3 Å². The van der Waals surface area contributed by atoms with Crippen LogP contribution in [0.5, 0.6) is 0 Å². The molecule has 59 heavy (non-hydrogen) atoms. The number of para-hydroxylation sites is 1. The van der Waals surface area contributed by atoms with Crippen LogP contribution in [0.3, 0.4) is 0 Å². The predicted octanol–water partition coefficient (Wildman–Crippen LogP) is 4.75. The summed E-state index contributed by atoms with van der Waals surface area (Å²) in [6.07, 6.45) is 4.13. The summed E-state index contributed by atoms with van der Waals surface area (Å²) in [4.78, 5) is 75.9. The molecule has 0 unspecified atom stereocenters. The third-order valence-corrected chi connectivity index (χ3v) is 10.6. The number of hydrogen-bond donors (Lipinski definition) is 3. The number of aryl methyl sites for hydroxylation is 6. The molecule has 1 aliphatic heterocycles. The van der Waals surface area contributed by atoms with Gasteiger partial charge in [-0.15, -0.1) is 0 Å². The maximum absolute atomic E-state index is 14.2. The number of likely N-dealkylation sites (N-methyl/N-ethyl adjacent to an activating group) is 1. The van der Waals surface area contributed by atoms with Crippen molar-refractivity contribution in [2.45, 2.75) is 92.4 Å². The highest BCUT2D eigenvalue weighted by Crippen LogP contribution is 2.31. The summed E-state index contributed by atoms with van der Waals surface area (Å²) in [7, 11) is 1.58. The van der Waals surface area contributed by atoms with E-state index in [0.29, 0.717) is 102 Å². The van der Waals surface area contributed by atoms with Crippen LogP contribution >= 0.6 is 0 Å². The minimum absolute atomic E-state index is 0.285. The number of primary amides is 1. The van der Waals surface area contributed by atoms with Crippen LogP contribution in [0.1, 0.15) is 94.2 Å². The topological polar surface area (TPSA) is 219 Å². The van der Waals surface area contributed by atoms with E-state index < -0.39 is 24.4 Å². The van der Waals surface area contributed by atoms with E-state index in [-0.39, 0.29) is 17.8 Å². The van der Waals surface area contributed by atoms with Gasteiger partial charge in [0.2, 0.25) is 17.8 Å². The van der Waals surface area contributed by atoms with E-state index in [4.69, 9.17) is 25.5 Å². The highest BCUT2D eigenvalue weighted by atomic mass is 16.5. The number of amides is 4. The van der Waals surface area contributed by atoms with Crippen LogP contribution in [0.25, 0.3) is 22.1 Å². The fourth-order valence-electron chi connectivity index (χ4n) is 7.63. The third kappa shape index (κ3) is 8.28. The molecule has 4 aromatic heterocycles. The number of carbonyl (C=O) groups is 5. The molecule has 0 fully saturated rings. The Bertz CT molecular complexity index is 2610. The van der Waals surface area contributed by atoms with Crippen molar-refractivity contribution in [1.29, 1.82) is 0 Å². The fourth-order valence-corrected chi connectivity index (χ4v) is 7.63. The first-order chi connectivity index (χ1) is 28.3. The van der Waals surface area contributed by atoms with Crippen LogP contribution in [0.4, 0.5) is 17.6 Å². The smallest absolute Gasteiger partial charge is 0.303 e. The molecule has 5 heterocycles. The van der Waals surface area contributed by atoms with Gasteiger partial charge in [0.1, 0.15) is 16.9 Å². The largest absolute Gasteiger partial charge is 0.456 e. The van der Waals surface area contributed by atoms with E-state index in [1.165, 1.54) is 11.8 Å². The summed E-state index contributed by atoms with van der Waals surface area (Å²) in [5.41, 5.74) is 12.0. The first kappa shape index (κ1) is 40.4. The molecule has 18 heteroatoms. The first-order valence-electron chi connectivity index (χ1n) is 19.8.